The number of hydrogen-bond donors (Lipinski definition) is 1. The van der Waals surface area contributed by atoms with Crippen molar-refractivity contribution < 1.29 is 17.5 Å². The van der Waals surface area contributed by atoms with Crippen molar-refractivity contribution >= 4 is 45.2 Å². The van der Waals surface area contributed by atoms with E-state index in [-0.39, 0.29) is 38.9 Å². The fourth-order valence-electron chi connectivity index (χ4n) is 5.01. The number of piperidine rings is 1. The number of nitrogens with one attached hydrogen (secondary N) is 1. The Balaban J connectivity index is 1.16. The van der Waals surface area contributed by atoms with Gasteiger partial charge in [0.15, 0.2) is 0 Å². The topological polar surface area (TPSA) is 100 Å². The Bertz CT molecular complexity index is 1540. The van der Waals surface area contributed by atoms with Gasteiger partial charge in [0, 0.05) is 41.6 Å². The minimum Gasteiger partial charge on any atom is -0.432 e. The minimum atomic E-state index is -3.72. The standard InChI is InChI=1S/C26H23Cl2FN6O3S/c27-17-13-18(28)15-21(14-17)39(36,37)34-9-6-20(7-10-34)31-25-30-8-5-22(32-25)24-23(16-1-3-19(29)4-2-16)33-26-35(24)11-12-38-26/h1-5,8,11-15,20,23-24H,6-7,9-10H2,(H,30,31,32). The van der Waals surface area contributed by atoms with Gasteiger partial charge in [-0.3, -0.25) is 4.90 Å². The zero-order valence-electron chi connectivity index (χ0n) is 20.4. The third kappa shape index (κ3) is 5.19. The number of ether oxygens (including phenoxy) is 1. The molecule has 3 aliphatic rings. The van der Waals surface area contributed by atoms with E-state index in [1.165, 1.54) is 34.6 Å². The second-order valence-corrected chi connectivity index (χ2v) is 12.2. The molecule has 0 saturated carbocycles. The van der Waals surface area contributed by atoms with Crippen molar-refractivity contribution in [1.82, 2.24) is 19.2 Å². The molecule has 9 nitrogen and oxygen atoms in total. The largest absolute Gasteiger partial charge is 0.432 e. The van der Waals surface area contributed by atoms with Gasteiger partial charge in [0.25, 0.3) is 6.02 Å². The molecule has 202 valence electrons. The molecule has 2 aromatic carbocycles. The van der Waals surface area contributed by atoms with Gasteiger partial charge in [-0.25, -0.2) is 27.8 Å². The molecule has 4 heterocycles. The summed E-state index contributed by atoms with van der Waals surface area (Å²) in [6.07, 6.45) is 6.17. The van der Waals surface area contributed by atoms with Gasteiger partial charge in [-0.15, -0.1) is 0 Å². The van der Waals surface area contributed by atoms with Crippen LogP contribution in [0.1, 0.15) is 36.2 Å². The number of benzene rings is 2. The molecule has 3 aliphatic heterocycles. The van der Waals surface area contributed by atoms with E-state index in [0.29, 0.717) is 43.6 Å². The normalized spacial score (nSPS) is 21.5. The van der Waals surface area contributed by atoms with Gasteiger partial charge in [-0.2, -0.15) is 4.31 Å². The molecule has 0 bridgehead atoms. The predicted molar refractivity (Wildman–Crippen MR) is 145 cm³/mol. The van der Waals surface area contributed by atoms with Crippen molar-refractivity contribution in [3.63, 3.8) is 0 Å². The number of nitrogens with zero attached hydrogens (tertiary/aromatic N) is 5. The third-order valence-corrected chi connectivity index (χ3v) is 9.23. The van der Waals surface area contributed by atoms with Gasteiger partial charge in [0.05, 0.1) is 10.6 Å². The van der Waals surface area contributed by atoms with Gasteiger partial charge in [-0.1, -0.05) is 35.3 Å². The molecule has 1 saturated heterocycles. The molecule has 0 spiro atoms. The van der Waals surface area contributed by atoms with Crippen molar-refractivity contribution in [2.45, 2.75) is 35.9 Å². The second-order valence-electron chi connectivity index (χ2n) is 9.40. The van der Waals surface area contributed by atoms with Crippen LogP contribution in [0, 0.1) is 5.82 Å². The van der Waals surface area contributed by atoms with Crippen LogP contribution in [0.2, 0.25) is 10.0 Å². The van der Waals surface area contributed by atoms with Crippen LogP contribution in [-0.2, 0) is 14.8 Å². The number of aliphatic imine (C=N–C) groups is 1. The minimum absolute atomic E-state index is 0.0204. The maximum Gasteiger partial charge on any atom is 0.298 e. The highest BCUT2D eigenvalue weighted by atomic mass is 35.5. The fraction of sp³-hybridized carbons (Fsp3) is 0.269. The summed E-state index contributed by atoms with van der Waals surface area (Å²) < 4.78 is 46.8. The smallest absolute Gasteiger partial charge is 0.298 e. The summed E-state index contributed by atoms with van der Waals surface area (Å²) in [6.45, 7) is 0.651. The van der Waals surface area contributed by atoms with E-state index >= 15 is 0 Å². The molecule has 6 rings (SSSR count). The van der Waals surface area contributed by atoms with E-state index < -0.39 is 10.0 Å². The lowest BCUT2D eigenvalue weighted by atomic mass is 9.97. The van der Waals surface area contributed by atoms with Crippen molar-refractivity contribution in [2.75, 3.05) is 18.4 Å². The van der Waals surface area contributed by atoms with E-state index in [0.717, 1.165) is 5.56 Å². The molecule has 1 aromatic heterocycles. The predicted octanol–water partition coefficient (Wildman–Crippen LogP) is 5.14. The van der Waals surface area contributed by atoms with Crippen LogP contribution in [0.25, 0.3) is 0 Å². The molecule has 1 N–H and O–H groups in total. The quantitative estimate of drug-likeness (QED) is 0.425. The SMILES string of the molecule is O=S(=O)(c1cc(Cl)cc(Cl)c1)N1CCC(Nc2nccc(C3C(c4ccc(F)cc4)N=C4OC=CN43)n2)CC1. The van der Waals surface area contributed by atoms with Crippen LogP contribution in [-0.4, -0.2) is 52.7 Å². The summed E-state index contributed by atoms with van der Waals surface area (Å²) in [7, 11) is -3.72. The van der Waals surface area contributed by atoms with Crippen LogP contribution < -0.4 is 5.32 Å². The average Bonchev–Trinajstić information content (AvgIpc) is 3.51. The molecule has 39 heavy (non-hydrogen) atoms. The first kappa shape index (κ1) is 26.0. The van der Waals surface area contributed by atoms with Crippen LogP contribution >= 0.6 is 23.2 Å². The lowest BCUT2D eigenvalue weighted by Gasteiger charge is -2.32. The van der Waals surface area contributed by atoms with Crippen molar-refractivity contribution in [1.29, 1.82) is 0 Å². The molecule has 2 atom stereocenters. The second kappa shape index (κ2) is 10.4. The average molecular weight is 589 g/mol. The number of sulfonamides is 1. The Kier molecular flexibility index (Phi) is 6.92. The van der Waals surface area contributed by atoms with Crippen LogP contribution in [0.3, 0.4) is 0 Å². The zero-order valence-corrected chi connectivity index (χ0v) is 22.7. The van der Waals surface area contributed by atoms with E-state index in [1.807, 2.05) is 11.0 Å². The Hall–Kier alpha value is -3.25. The molecule has 2 unspecified atom stereocenters. The highest BCUT2D eigenvalue weighted by Crippen LogP contribution is 2.43. The fourth-order valence-corrected chi connectivity index (χ4v) is 7.21. The van der Waals surface area contributed by atoms with Crippen LogP contribution in [0.4, 0.5) is 10.3 Å². The number of anilines is 1. The Morgan fingerprint density at radius 1 is 1.03 bits per heavy atom. The summed E-state index contributed by atoms with van der Waals surface area (Å²) in [5, 5.41) is 3.90. The molecule has 13 heteroatoms. The molecular weight excluding hydrogens is 566 g/mol. The first-order valence-electron chi connectivity index (χ1n) is 12.3. The van der Waals surface area contributed by atoms with E-state index in [2.05, 4.69) is 10.3 Å². The highest BCUT2D eigenvalue weighted by Gasteiger charge is 2.41. The van der Waals surface area contributed by atoms with Gasteiger partial charge in [-0.05, 0) is 54.8 Å². The Morgan fingerprint density at radius 2 is 1.74 bits per heavy atom. The summed E-state index contributed by atoms with van der Waals surface area (Å²) in [6, 6.07) is 12.2. The molecule has 1 fully saturated rings. The molecule has 0 aliphatic carbocycles. The van der Waals surface area contributed by atoms with E-state index in [4.69, 9.17) is 37.9 Å². The van der Waals surface area contributed by atoms with E-state index in [1.54, 1.807) is 30.8 Å². The van der Waals surface area contributed by atoms with Crippen molar-refractivity contribution in [3.8, 4) is 0 Å². The van der Waals surface area contributed by atoms with Crippen LogP contribution in [0.5, 0.6) is 0 Å². The summed E-state index contributed by atoms with van der Waals surface area (Å²) in [4.78, 5) is 15.8. The van der Waals surface area contributed by atoms with Crippen molar-refractivity contribution in [3.05, 3.63) is 94.3 Å². The molecule has 3 aromatic rings. The summed E-state index contributed by atoms with van der Waals surface area (Å²) in [5.74, 6) is 0.118. The first-order valence-corrected chi connectivity index (χ1v) is 14.5. The lowest BCUT2D eigenvalue weighted by Crippen LogP contribution is -2.42. The molecule has 0 amide bonds. The monoisotopic (exact) mass is 588 g/mol. The first-order chi connectivity index (χ1) is 18.8. The molecular formula is C26H23Cl2FN6O3S. The Labute approximate surface area is 235 Å². The van der Waals surface area contributed by atoms with Crippen molar-refractivity contribution in [2.24, 2.45) is 4.99 Å². The van der Waals surface area contributed by atoms with Gasteiger partial charge in [0.2, 0.25) is 16.0 Å². The molecule has 0 radical (unpaired) electrons. The maximum atomic E-state index is 13.5. The van der Waals surface area contributed by atoms with Gasteiger partial charge < -0.3 is 10.1 Å². The third-order valence-electron chi connectivity index (χ3n) is 6.92. The van der Waals surface area contributed by atoms with Gasteiger partial charge in [0.1, 0.15) is 24.2 Å². The Morgan fingerprint density at radius 3 is 2.46 bits per heavy atom. The number of hydrogen-bond acceptors (Lipinski definition) is 8. The lowest BCUT2D eigenvalue weighted by molar-refractivity contribution is 0.329. The van der Waals surface area contributed by atoms with Gasteiger partial charge >= 0.3 is 0 Å². The number of amidine groups is 1. The summed E-state index contributed by atoms with van der Waals surface area (Å²) in [5.41, 5.74) is 1.55. The van der Waals surface area contributed by atoms with Crippen LogP contribution in [0.15, 0.2) is 77.1 Å². The number of halogens is 3. The summed E-state index contributed by atoms with van der Waals surface area (Å²) >= 11 is 12.0. The number of rotatable bonds is 6. The highest BCUT2D eigenvalue weighted by molar-refractivity contribution is 7.89. The maximum absolute atomic E-state index is 13.5. The van der Waals surface area contributed by atoms with E-state index in [9.17, 15) is 12.8 Å². The number of aromatic nitrogens is 2. The zero-order chi connectivity index (χ0) is 27.1. The number of fused-ring (bicyclic) bond motifs is 1.